The van der Waals surface area contributed by atoms with Crippen molar-refractivity contribution in [2.45, 2.75) is 6.54 Å². The number of aliphatic hydroxyl groups excluding tert-OH is 1. The Bertz CT molecular complexity index is 599. The molecule has 2 N–H and O–H groups in total. The highest BCUT2D eigenvalue weighted by Gasteiger charge is 2.00. The normalized spacial score (nSPS) is 9.95. The summed E-state index contributed by atoms with van der Waals surface area (Å²) in [6.07, 6.45) is 0. The van der Waals surface area contributed by atoms with Crippen molar-refractivity contribution in [1.29, 1.82) is 5.26 Å². The van der Waals surface area contributed by atoms with Crippen LogP contribution in [0.1, 0.15) is 11.1 Å². The van der Waals surface area contributed by atoms with Crippen molar-refractivity contribution in [3.05, 3.63) is 59.7 Å². The Morgan fingerprint density at radius 3 is 2.33 bits per heavy atom. The lowest BCUT2D eigenvalue weighted by molar-refractivity contribution is 0.304. The lowest BCUT2D eigenvalue weighted by atomic mass is 10.1. The number of anilines is 2. The topological polar surface area (TPSA) is 59.3 Å². The van der Waals surface area contributed by atoms with Crippen molar-refractivity contribution < 1.29 is 5.11 Å². The molecule has 0 aliphatic carbocycles. The summed E-state index contributed by atoms with van der Waals surface area (Å²) in [6.45, 7) is 1.49. The van der Waals surface area contributed by atoms with Crippen molar-refractivity contribution in [2.75, 3.05) is 30.4 Å². The predicted molar refractivity (Wildman–Crippen MR) is 85.3 cm³/mol. The van der Waals surface area contributed by atoms with E-state index in [1.54, 1.807) is 0 Å². The zero-order chi connectivity index (χ0) is 15.1. The van der Waals surface area contributed by atoms with Gasteiger partial charge in [-0.05, 0) is 42.0 Å². The van der Waals surface area contributed by atoms with Crippen LogP contribution in [0.2, 0.25) is 0 Å². The van der Waals surface area contributed by atoms with Gasteiger partial charge >= 0.3 is 0 Å². The van der Waals surface area contributed by atoms with Crippen LogP contribution in [0, 0.1) is 11.3 Å². The molecule has 0 aliphatic heterocycles. The van der Waals surface area contributed by atoms with Crippen LogP contribution in [0.4, 0.5) is 11.4 Å². The second-order valence-electron chi connectivity index (χ2n) is 4.85. The lowest BCUT2D eigenvalue weighted by Crippen LogP contribution is -2.20. The number of nitrogens with zero attached hydrogens (tertiary/aromatic N) is 2. The van der Waals surface area contributed by atoms with Gasteiger partial charge in [0.1, 0.15) is 0 Å². The summed E-state index contributed by atoms with van der Waals surface area (Å²) in [6, 6.07) is 17.8. The number of aliphatic hydroxyl groups is 1. The minimum absolute atomic E-state index is 0.148. The fourth-order valence-corrected chi connectivity index (χ4v) is 2.01. The standard InChI is InChI=1S/C17H19N3O/c1-20(10-11-21)17-8-6-16(7-9-17)19-13-15-4-2-14(12-18)3-5-15/h2-9,19,21H,10-11,13H2,1H3. The van der Waals surface area contributed by atoms with Gasteiger partial charge in [-0.2, -0.15) is 5.26 Å². The number of benzene rings is 2. The van der Waals surface area contributed by atoms with Gasteiger partial charge in [-0.15, -0.1) is 0 Å². The van der Waals surface area contributed by atoms with E-state index in [0.29, 0.717) is 12.1 Å². The summed E-state index contributed by atoms with van der Waals surface area (Å²) >= 11 is 0. The molecule has 0 amide bonds. The first-order valence-corrected chi connectivity index (χ1v) is 6.88. The Balaban J connectivity index is 1.92. The Labute approximate surface area is 125 Å². The van der Waals surface area contributed by atoms with Crippen LogP contribution in [0.3, 0.4) is 0 Å². The first-order valence-electron chi connectivity index (χ1n) is 6.88. The smallest absolute Gasteiger partial charge is 0.0991 e. The highest BCUT2D eigenvalue weighted by Crippen LogP contribution is 2.17. The van der Waals surface area contributed by atoms with Gasteiger partial charge in [0.15, 0.2) is 0 Å². The summed E-state index contributed by atoms with van der Waals surface area (Å²) in [5, 5.41) is 21.0. The molecule has 0 unspecified atom stereocenters. The fraction of sp³-hybridized carbons (Fsp3) is 0.235. The van der Waals surface area contributed by atoms with Gasteiger partial charge < -0.3 is 15.3 Å². The molecule has 0 spiro atoms. The van der Waals surface area contributed by atoms with Crippen LogP contribution < -0.4 is 10.2 Å². The summed E-state index contributed by atoms with van der Waals surface area (Å²) in [7, 11) is 1.95. The second kappa shape index (κ2) is 7.32. The predicted octanol–water partition coefficient (Wildman–Crippen LogP) is 2.60. The number of nitrogens with one attached hydrogen (secondary N) is 1. The minimum atomic E-state index is 0.148. The second-order valence-corrected chi connectivity index (χ2v) is 4.85. The zero-order valence-electron chi connectivity index (χ0n) is 12.1. The van der Waals surface area contributed by atoms with Gasteiger partial charge in [0.25, 0.3) is 0 Å². The molecule has 0 aromatic heterocycles. The first-order chi connectivity index (χ1) is 10.2. The van der Waals surface area contributed by atoms with E-state index in [-0.39, 0.29) is 6.61 Å². The number of hydrogen-bond donors (Lipinski definition) is 2. The van der Waals surface area contributed by atoms with Gasteiger partial charge in [0.2, 0.25) is 0 Å². The monoisotopic (exact) mass is 281 g/mol. The van der Waals surface area contributed by atoms with Crippen molar-refractivity contribution in [3.63, 3.8) is 0 Å². The fourth-order valence-electron chi connectivity index (χ4n) is 2.01. The maximum atomic E-state index is 8.93. The first kappa shape index (κ1) is 14.9. The lowest BCUT2D eigenvalue weighted by Gasteiger charge is -2.18. The van der Waals surface area contributed by atoms with E-state index < -0.39 is 0 Å². The largest absolute Gasteiger partial charge is 0.395 e. The molecule has 0 saturated heterocycles. The van der Waals surface area contributed by atoms with Crippen LogP contribution in [-0.2, 0) is 6.54 Å². The third kappa shape index (κ3) is 4.23. The number of hydrogen-bond acceptors (Lipinski definition) is 4. The third-order valence-corrected chi connectivity index (χ3v) is 3.32. The van der Waals surface area contributed by atoms with E-state index >= 15 is 0 Å². The van der Waals surface area contributed by atoms with Gasteiger partial charge in [0.05, 0.1) is 18.2 Å². The van der Waals surface area contributed by atoms with Gasteiger partial charge in [0, 0.05) is 31.5 Å². The molecule has 0 aliphatic rings. The zero-order valence-corrected chi connectivity index (χ0v) is 12.1. The van der Waals surface area contributed by atoms with Crippen molar-refractivity contribution in [2.24, 2.45) is 0 Å². The van der Waals surface area contributed by atoms with Gasteiger partial charge in [-0.3, -0.25) is 0 Å². The molecule has 0 radical (unpaired) electrons. The maximum absolute atomic E-state index is 8.93. The summed E-state index contributed by atoms with van der Waals surface area (Å²) in [5.41, 5.74) is 3.93. The van der Waals surface area contributed by atoms with Crippen molar-refractivity contribution >= 4 is 11.4 Å². The molecule has 2 aromatic rings. The summed E-state index contributed by atoms with van der Waals surface area (Å²) in [4.78, 5) is 2.00. The Hall–Kier alpha value is -2.51. The molecule has 21 heavy (non-hydrogen) atoms. The molecule has 108 valence electrons. The van der Waals surface area contributed by atoms with Crippen molar-refractivity contribution in [3.8, 4) is 6.07 Å². The average molecular weight is 281 g/mol. The van der Waals surface area contributed by atoms with Crippen molar-refractivity contribution in [1.82, 2.24) is 0 Å². The van der Waals surface area contributed by atoms with Gasteiger partial charge in [-0.1, -0.05) is 12.1 Å². The Morgan fingerprint density at radius 1 is 1.10 bits per heavy atom. The highest BCUT2D eigenvalue weighted by molar-refractivity contribution is 5.55. The quantitative estimate of drug-likeness (QED) is 0.854. The van der Waals surface area contributed by atoms with E-state index in [2.05, 4.69) is 11.4 Å². The van der Waals surface area contributed by atoms with Gasteiger partial charge in [-0.25, -0.2) is 0 Å². The average Bonchev–Trinajstić information content (AvgIpc) is 2.54. The SMILES string of the molecule is CN(CCO)c1ccc(NCc2ccc(C#N)cc2)cc1. The van der Waals surface area contributed by atoms with E-state index in [0.717, 1.165) is 23.5 Å². The molecule has 0 bridgehead atoms. The molecule has 0 fully saturated rings. The Morgan fingerprint density at radius 2 is 1.76 bits per heavy atom. The molecule has 4 nitrogen and oxygen atoms in total. The minimum Gasteiger partial charge on any atom is -0.395 e. The molecule has 0 heterocycles. The summed E-state index contributed by atoms with van der Waals surface area (Å²) in [5.74, 6) is 0. The van der Waals surface area contributed by atoms with Crippen LogP contribution in [0.15, 0.2) is 48.5 Å². The highest BCUT2D eigenvalue weighted by atomic mass is 16.3. The molecule has 0 saturated carbocycles. The summed E-state index contributed by atoms with van der Waals surface area (Å²) < 4.78 is 0. The molecule has 2 aromatic carbocycles. The van der Waals surface area contributed by atoms with Crippen LogP contribution in [-0.4, -0.2) is 25.3 Å². The maximum Gasteiger partial charge on any atom is 0.0991 e. The van der Waals surface area contributed by atoms with E-state index in [1.165, 1.54) is 0 Å². The number of likely N-dealkylation sites (N-methyl/N-ethyl adjacent to an activating group) is 1. The molecular weight excluding hydrogens is 262 g/mol. The van der Waals surface area contributed by atoms with E-state index in [4.69, 9.17) is 10.4 Å². The van der Waals surface area contributed by atoms with Crippen LogP contribution in [0.5, 0.6) is 0 Å². The molecular formula is C17H19N3O. The Kier molecular flexibility index (Phi) is 5.19. The van der Waals surface area contributed by atoms with Crippen LogP contribution >= 0.6 is 0 Å². The molecule has 2 rings (SSSR count). The molecule has 0 atom stereocenters. The third-order valence-electron chi connectivity index (χ3n) is 3.32. The van der Waals surface area contributed by atoms with E-state index in [1.807, 2.05) is 60.5 Å². The number of rotatable bonds is 6. The number of nitriles is 1. The van der Waals surface area contributed by atoms with Crippen LogP contribution in [0.25, 0.3) is 0 Å². The van der Waals surface area contributed by atoms with E-state index in [9.17, 15) is 0 Å². The molecule has 4 heteroatoms.